The number of ether oxygens (including phenoxy) is 1. The van der Waals surface area contributed by atoms with Gasteiger partial charge in [-0.05, 0) is 62.4 Å². The summed E-state index contributed by atoms with van der Waals surface area (Å²) >= 11 is 0. The molecule has 2 fully saturated rings. The number of anilines is 1. The van der Waals surface area contributed by atoms with Gasteiger partial charge >= 0.3 is 5.69 Å². The molecule has 1 aromatic carbocycles. The summed E-state index contributed by atoms with van der Waals surface area (Å²) in [5.74, 6) is 1.85. The van der Waals surface area contributed by atoms with Gasteiger partial charge in [0.05, 0.1) is 11.6 Å². The minimum absolute atomic E-state index is 0.125. The molecule has 0 N–H and O–H groups in total. The Hall–Kier alpha value is -3.44. The normalized spacial score (nSPS) is 21.4. The number of aryl methyl sites for hydroxylation is 1. The van der Waals surface area contributed by atoms with Gasteiger partial charge in [-0.15, -0.1) is 4.98 Å². The molecule has 0 radical (unpaired) electrons. The van der Waals surface area contributed by atoms with Crippen LogP contribution < -0.4 is 15.3 Å². The molecule has 1 saturated heterocycles. The zero-order valence-electron chi connectivity index (χ0n) is 21.5. The van der Waals surface area contributed by atoms with Crippen LogP contribution in [0.2, 0.25) is 0 Å². The number of nitrogens with zero attached hydrogens (tertiary/aromatic N) is 6. The van der Waals surface area contributed by atoms with E-state index in [1.54, 1.807) is 19.2 Å². The number of rotatable bonds is 7. The fourth-order valence-electron chi connectivity index (χ4n) is 5.37. The van der Waals surface area contributed by atoms with E-state index in [4.69, 9.17) is 11.3 Å². The average molecular weight is 487 g/mol. The lowest BCUT2D eigenvalue weighted by Crippen LogP contribution is -2.58. The number of piperazine rings is 1. The Morgan fingerprint density at radius 3 is 2.50 bits per heavy atom. The van der Waals surface area contributed by atoms with E-state index in [1.807, 2.05) is 0 Å². The number of aromatic nitrogens is 3. The van der Waals surface area contributed by atoms with Crippen LogP contribution in [0.25, 0.3) is 15.9 Å². The van der Waals surface area contributed by atoms with E-state index in [0.29, 0.717) is 40.9 Å². The van der Waals surface area contributed by atoms with Crippen molar-refractivity contribution in [2.75, 3.05) is 18.0 Å². The van der Waals surface area contributed by atoms with E-state index < -0.39 is 0 Å². The molecule has 5 rings (SSSR count). The second-order valence-electron chi connectivity index (χ2n) is 10.00. The van der Waals surface area contributed by atoms with Crippen molar-refractivity contribution in [3.05, 3.63) is 63.9 Å². The van der Waals surface area contributed by atoms with E-state index in [9.17, 15) is 4.79 Å². The van der Waals surface area contributed by atoms with Gasteiger partial charge < -0.3 is 14.5 Å². The van der Waals surface area contributed by atoms with E-state index >= 15 is 0 Å². The van der Waals surface area contributed by atoms with Gasteiger partial charge in [0, 0.05) is 38.3 Å². The quantitative estimate of drug-likeness (QED) is 0.444. The lowest BCUT2D eigenvalue weighted by Gasteiger charge is -2.48. The zero-order chi connectivity index (χ0) is 25.4. The van der Waals surface area contributed by atoms with Gasteiger partial charge in [0.1, 0.15) is 5.75 Å². The molecule has 188 valence electrons. The van der Waals surface area contributed by atoms with Crippen LogP contribution in [0.15, 0.2) is 41.2 Å². The highest BCUT2D eigenvalue weighted by molar-refractivity contribution is 5.87. The van der Waals surface area contributed by atoms with Crippen molar-refractivity contribution < 1.29 is 4.74 Å². The average Bonchev–Trinajstić information content (AvgIpc) is 3.71. The molecule has 0 bridgehead atoms. The van der Waals surface area contributed by atoms with Crippen LogP contribution >= 0.6 is 0 Å². The molecule has 1 saturated carbocycles. The molecule has 36 heavy (non-hydrogen) atoms. The molecule has 2 aromatic heterocycles. The third-order valence-electron chi connectivity index (χ3n) is 7.54. The summed E-state index contributed by atoms with van der Waals surface area (Å²) in [6.45, 7) is 15.6. The van der Waals surface area contributed by atoms with E-state index in [1.165, 1.54) is 10.1 Å². The second kappa shape index (κ2) is 9.90. The summed E-state index contributed by atoms with van der Waals surface area (Å²) in [5.41, 5.74) is 2.30. The largest absolute Gasteiger partial charge is 0.490 e. The SMILES string of the molecule is [C-]#[N+]c1ccc2c(n1)c(N1C[C@@H](CC)N(C(CC)c3ccc(OC4CC4)cc3)C[C@@H]1C)nc(=O)n2C. The van der Waals surface area contributed by atoms with E-state index in [2.05, 4.69) is 69.6 Å². The Morgan fingerprint density at radius 1 is 1.11 bits per heavy atom. The molecule has 8 nitrogen and oxygen atoms in total. The fourth-order valence-corrected chi connectivity index (χ4v) is 5.37. The van der Waals surface area contributed by atoms with E-state index in [0.717, 1.165) is 44.5 Å². The smallest absolute Gasteiger partial charge is 0.350 e. The molecular formula is C28H34N6O2. The monoisotopic (exact) mass is 486 g/mol. The van der Waals surface area contributed by atoms with Gasteiger partial charge in [0.2, 0.25) is 5.52 Å². The van der Waals surface area contributed by atoms with Crippen molar-refractivity contribution >= 4 is 22.7 Å². The zero-order valence-corrected chi connectivity index (χ0v) is 21.5. The Labute approximate surface area is 212 Å². The van der Waals surface area contributed by atoms with Crippen LogP contribution in [0.4, 0.5) is 11.6 Å². The Morgan fingerprint density at radius 2 is 1.86 bits per heavy atom. The summed E-state index contributed by atoms with van der Waals surface area (Å²) in [4.78, 5) is 30.1. The second-order valence-corrected chi connectivity index (χ2v) is 10.00. The Balaban J connectivity index is 1.45. The number of pyridine rings is 1. The molecular weight excluding hydrogens is 452 g/mol. The molecule has 0 spiro atoms. The van der Waals surface area contributed by atoms with Crippen LogP contribution in [0.1, 0.15) is 58.1 Å². The summed E-state index contributed by atoms with van der Waals surface area (Å²) in [6.07, 6.45) is 4.70. The maximum atomic E-state index is 12.7. The first kappa shape index (κ1) is 24.3. The summed E-state index contributed by atoms with van der Waals surface area (Å²) in [5, 5.41) is 0. The first-order valence-corrected chi connectivity index (χ1v) is 13.0. The molecule has 1 unspecified atom stereocenters. The standard InChI is InChI=1S/C28H34N6O2/c1-6-20-17-33(27-26-24(32(5)28(35)31-27)14-15-25(29-4)30-26)18(3)16-34(20)23(7-2)19-8-10-21(11-9-19)36-22-12-13-22/h8-11,14-15,18,20,22-23H,6-7,12-13,16-17H2,1-3,5H3/t18-,20+,23?/m0/s1. The lowest BCUT2D eigenvalue weighted by atomic mass is 9.96. The summed E-state index contributed by atoms with van der Waals surface area (Å²) in [6, 6.07) is 12.8. The van der Waals surface area contributed by atoms with Crippen LogP contribution in [-0.4, -0.2) is 50.7 Å². The topological polar surface area (TPSA) is 67.9 Å². The predicted molar refractivity (Wildman–Crippen MR) is 142 cm³/mol. The Bertz CT molecular complexity index is 1340. The van der Waals surface area contributed by atoms with Crippen LogP contribution in [0, 0.1) is 6.57 Å². The van der Waals surface area contributed by atoms with Gasteiger partial charge in [0.25, 0.3) is 5.82 Å². The highest BCUT2D eigenvalue weighted by atomic mass is 16.5. The minimum atomic E-state index is -0.308. The highest BCUT2D eigenvalue weighted by Gasteiger charge is 2.37. The molecule has 3 aromatic rings. The fraction of sp³-hybridized carbons (Fsp3) is 0.500. The van der Waals surface area contributed by atoms with Crippen molar-refractivity contribution in [1.29, 1.82) is 0 Å². The minimum Gasteiger partial charge on any atom is -0.490 e. The summed E-state index contributed by atoms with van der Waals surface area (Å²) in [7, 11) is 1.70. The molecule has 3 atom stereocenters. The van der Waals surface area contributed by atoms with Gasteiger partial charge in [-0.2, -0.15) is 4.98 Å². The third kappa shape index (κ3) is 4.56. The van der Waals surface area contributed by atoms with Gasteiger partial charge in [-0.1, -0.05) is 32.6 Å². The van der Waals surface area contributed by atoms with Crippen LogP contribution in [-0.2, 0) is 7.05 Å². The third-order valence-corrected chi connectivity index (χ3v) is 7.54. The molecule has 1 aliphatic carbocycles. The van der Waals surface area contributed by atoms with Crippen molar-refractivity contribution in [1.82, 2.24) is 19.4 Å². The first-order valence-electron chi connectivity index (χ1n) is 13.0. The van der Waals surface area contributed by atoms with Crippen LogP contribution in [0.3, 0.4) is 0 Å². The number of fused-ring (bicyclic) bond motifs is 1. The number of hydrogen-bond donors (Lipinski definition) is 0. The van der Waals surface area contributed by atoms with E-state index in [-0.39, 0.29) is 11.7 Å². The molecule has 3 heterocycles. The number of hydrogen-bond acceptors (Lipinski definition) is 6. The maximum absolute atomic E-state index is 12.7. The van der Waals surface area contributed by atoms with Crippen molar-refractivity contribution in [2.45, 2.75) is 70.7 Å². The molecule has 0 amide bonds. The molecule has 8 heteroatoms. The van der Waals surface area contributed by atoms with Crippen molar-refractivity contribution in [3.63, 3.8) is 0 Å². The van der Waals surface area contributed by atoms with Crippen molar-refractivity contribution in [3.8, 4) is 5.75 Å². The molecule has 2 aliphatic rings. The summed E-state index contributed by atoms with van der Waals surface area (Å²) < 4.78 is 7.45. The van der Waals surface area contributed by atoms with Gasteiger partial charge in [-0.3, -0.25) is 9.47 Å². The first-order chi connectivity index (χ1) is 17.4. The maximum Gasteiger partial charge on any atom is 0.350 e. The van der Waals surface area contributed by atoms with Crippen LogP contribution in [0.5, 0.6) is 5.75 Å². The molecule has 1 aliphatic heterocycles. The highest BCUT2D eigenvalue weighted by Crippen LogP contribution is 2.35. The van der Waals surface area contributed by atoms with Crippen molar-refractivity contribution in [2.24, 2.45) is 7.05 Å². The van der Waals surface area contributed by atoms with Gasteiger partial charge in [0.15, 0.2) is 5.82 Å². The lowest BCUT2D eigenvalue weighted by molar-refractivity contribution is 0.0939. The predicted octanol–water partition coefficient (Wildman–Crippen LogP) is 4.86. The Kier molecular flexibility index (Phi) is 6.67. The van der Waals surface area contributed by atoms with Gasteiger partial charge in [-0.25, -0.2) is 4.79 Å². The number of benzene rings is 1.